The summed E-state index contributed by atoms with van der Waals surface area (Å²) in [5.41, 5.74) is 6.12. The number of nitrogens with zero attached hydrogens (tertiary/aromatic N) is 1. The molecule has 0 saturated heterocycles. The van der Waals surface area contributed by atoms with E-state index in [1.165, 1.54) is 7.11 Å². The number of nitrogen functional groups attached to an aromatic ring is 1. The van der Waals surface area contributed by atoms with Gasteiger partial charge in [0.25, 0.3) is 0 Å². The maximum absolute atomic E-state index is 6.02. The first kappa shape index (κ1) is 13.0. The van der Waals surface area contributed by atoms with Crippen LogP contribution < -0.4 is 15.2 Å². The van der Waals surface area contributed by atoms with Crippen molar-refractivity contribution in [3.8, 4) is 17.5 Å². The molecule has 2 aromatic rings. The zero-order valence-corrected chi connectivity index (χ0v) is 11.8. The molecule has 4 nitrogen and oxygen atoms in total. The normalized spacial score (nSPS) is 10.2. The fourth-order valence-electron chi connectivity index (χ4n) is 1.32. The number of benzene rings is 1. The summed E-state index contributed by atoms with van der Waals surface area (Å²) in [6.07, 6.45) is 0. The zero-order chi connectivity index (χ0) is 13.1. The van der Waals surface area contributed by atoms with Crippen LogP contribution in [0.25, 0.3) is 0 Å². The van der Waals surface area contributed by atoms with Crippen molar-refractivity contribution in [1.29, 1.82) is 0 Å². The molecule has 0 fully saturated rings. The van der Waals surface area contributed by atoms with Gasteiger partial charge >= 0.3 is 0 Å². The van der Waals surface area contributed by atoms with Gasteiger partial charge in [-0.1, -0.05) is 27.5 Å². The summed E-state index contributed by atoms with van der Waals surface area (Å²) in [6, 6.07) is 8.62. The molecule has 0 aliphatic rings. The molecule has 0 aliphatic carbocycles. The lowest BCUT2D eigenvalue weighted by Gasteiger charge is -2.09. The SMILES string of the molecule is COc1nc(Oc2cc(Br)ccc2Cl)ccc1N. The van der Waals surface area contributed by atoms with Crippen molar-refractivity contribution in [2.24, 2.45) is 0 Å². The highest BCUT2D eigenvalue weighted by molar-refractivity contribution is 9.10. The van der Waals surface area contributed by atoms with Gasteiger partial charge in [0.2, 0.25) is 11.8 Å². The highest BCUT2D eigenvalue weighted by Gasteiger charge is 2.08. The lowest BCUT2D eigenvalue weighted by Crippen LogP contribution is -1.97. The Balaban J connectivity index is 2.31. The van der Waals surface area contributed by atoms with Gasteiger partial charge in [-0.25, -0.2) is 0 Å². The van der Waals surface area contributed by atoms with Crippen LogP contribution in [0, 0.1) is 0 Å². The molecule has 0 amide bonds. The first-order valence-corrected chi connectivity index (χ1v) is 6.20. The standard InChI is InChI=1S/C12H10BrClN2O2/c1-17-12-9(15)4-5-11(16-12)18-10-6-7(13)2-3-8(10)14/h2-6H,15H2,1H3. The minimum absolute atomic E-state index is 0.318. The van der Waals surface area contributed by atoms with Gasteiger partial charge in [0.15, 0.2) is 0 Å². The Morgan fingerprint density at radius 2 is 2.06 bits per heavy atom. The fraction of sp³-hybridized carbons (Fsp3) is 0.0833. The van der Waals surface area contributed by atoms with Crippen LogP contribution in [0.1, 0.15) is 0 Å². The Kier molecular flexibility index (Phi) is 3.93. The van der Waals surface area contributed by atoms with E-state index >= 15 is 0 Å². The molecule has 0 atom stereocenters. The van der Waals surface area contributed by atoms with Crippen LogP contribution in [-0.4, -0.2) is 12.1 Å². The maximum Gasteiger partial charge on any atom is 0.240 e. The molecule has 0 saturated carbocycles. The lowest BCUT2D eigenvalue weighted by molar-refractivity contribution is 0.385. The number of methoxy groups -OCH3 is 1. The Hall–Kier alpha value is -1.46. The molecule has 0 radical (unpaired) electrons. The lowest BCUT2D eigenvalue weighted by atomic mass is 10.3. The second kappa shape index (κ2) is 5.46. The molecule has 0 aliphatic heterocycles. The molecule has 1 aromatic heterocycles. The van der Waals surface area contributed by atoms with Gasteiger partial charge in [0, 0.05) is 10.5 Å². The molecule has 18 heavy (non-hydrogen) atoms. The largest absolute Gasteiger partial charge is 0.479 e. The van der Waals surface area contributed by atoms with Crippen molar-refractivity contribution in [2.75, 3.05) is 12.8 Å². The van der Waals surface area contributed by atoms with Crippen molar-refractivity contribution < 1.29 is 9.47 Å². The second-order valence-corrected chi connectivity index (χ2v) is 4.75. The van der Waals surface area contributed by atoms with E-state index in [1.807, 2.05) is 6.07 Å². The van der Waals surface area contributed by atoms with Gasteiger partial charge in [-0.15, -0.1) is 0 Å². The summed E-state index contributed by atoms with van der Waals surface area (Å²) in [6.45, 7) is 0. The van der Waals surface area contributed by atoms with E-state index in [2.05, 4.69) is 20.9 Å². The molecule has 2 rings (SSSR count). The topological polar surface area (TPSA) is 57.4 Å². The zero-order valence-electron chi connectivity index (χ0n) is 9.48. The highest BCUT2D eigenvalue weighted by Crippen LogP contribution is 2.32. The van der Waals surface area contributed by atoms with E-state index in [0.29, 0.717) is 28.2 Å². The summed E-state index contributed by atoms with van der Waals surface area (Å²) in [5, 5.41) is 0.496. The molecule has 1 aromatic carbocycles. The molecule has 0 bridgehead atoms. The molecular weight excluding hydrogens is 320 g/mol. The van der Waals surface area contributed by atoms with Crippen LogP contribution in [0.4, 0.5) is 5.69 Å². The molecule has 2 N–H and O–H groups in total. The number of pyridine rings is 1. The van der Waals surface area contributed by atoms with Crippen molar-refractivity contribution in [3.63, 3.8) is 0 Å². The number of halogens is 2. The summed E-state index contributed by atoms with van der Waals surface area (Å²) < 4.78 is 11.5. The first-order valence-electron chi connectivity index (χ1n) is 5.03. The third-order valence-corrected chi connectivity index (χ3v) is 2.97. The molecule has 0 spiro atoms. The van der Waals surface area contributed by atoms with E-state index in [0.717, 1.165) is 4.47 Å². The summed E-state index contributed by atoms with van der Waals surface area (Å²) in [5.74, 6) is 1.19. The monoisotopic (exact) mass is 328 g/mol. The number of nitrogens with two attached hydrogens (primary N) is 1. The molecule has 94 valence electrons. The van der Waals surface area contributed by atoms with Gasteiger partial charge in [-0.2, -0.15) is 4.98 Å². The third kappa shape index (κ3) is 2.86. The smallest absolute Gasteiger partial charge is 0.240 e. The first-order chi connectivity index (χ1) is 8.60. The van der Waals surface area contributed by atoms with Gasteiger partial charge in [0.05, 0.1) is 17.8 Å². The second-order valence-electron chi connectivity index (χ2n) is 3.42. The Morgan fingerprint density at radius 3 is 2.78 bits per heavy atom. The van der Waals surface area contributed by atoms with Crippen molar-refractivity contribution in [1.82, 2.24) is 4.98 Å². The van der Waals surface area contributed by atoms with Gasteiger partial charge in [-0.3, -0.25) is 0 Å². The predicted octanol–water partition coefficient (Wildman–Crippen LogP) is 3.88. The Labute approximate surface area is 118 Å². The Bertz CT molecular complexity index is 578. The maximum atomic E-state index is 6.02. The van der Waals surface area contributed by atoms with Gasteiger partial charge < -0.3 is 15.2 Å². The fourth-order valence-corrected chi connectivity index (χ4v) is 1.82. The van der Waals surface area contributed by atoms with Crippen LogP contribution in [0.5, 0.6) is 17.5 Å². The summed E-state index contributed by atoms with van der Waals surface area (Å²) in [4.78, 5) is 4.11. The minimum atomic E-state index is 0.318. The van der Waals surface area contributed by atoms with Gasteiger partial charge in [0.1, 0.15) is 5.75 Å². The number of hydrogen-bond donors (Lipinski definition) is 1. The molecule has 6 heteroatoms. The highest BCUT2D eigenvalue weighted by atomic mass is 79.9. The van der Waals surface area contributed by atoms with Crippen LogP contribution in [0.2, 0.25) is 5.02 Å². The molecule has 0 unspecified atom stereocenters. The van der Waals surface area contributed by atoms with Crippen LogP contribution in [0.15, 0.2) is 34.8 Å². The minimum Gasteiger partial charge on any atom is -0.479 e. The van der Waals surface area contributed by atoms with Crippen molar-refractivity contribution in [3.05, 3.63) is 39.8 Å². The van der Waals surface area contributed by atoms with E-state index in [9.17, 15) is 0 Å². The van der Waals surface area contributed by atoms with Crippen molar-refractivity contribution >= 4 is 33.2 Å². The predicted molar refractivity (Wildman–Crippen MR) is 74.4 cm³/mol. The number of ether oxygens (including phenoxy) is 2. The number of anilines is 1. The van der Waals surface area contributed by atoms with Crippen LogP contribution >= 0.6 is 27.5 Å². The average molecular weight is 330 g/mol. The van der Waals surface area contributed by atoms with Crippen molar-refractivity contribution in [2.45, 2.75) is 0 Å². The van der Waals surface area contributed by atoms with E-state index < -0.39 is 0 Å². The van der Waals surface area contributed by atoms with E-state index in [4.69, 9.17) is 26.8 Å². The number of aromatic nitrogens is 1. The summed E-state index contributed by atoms with van der Waals surface area (Å²) >= 11 is 9.37. The van der Waals surface area contributed by atoms with E-state index in [-0.39, 0.29) is 0 Å². The molecular formula is C12H10BrClN2O2. The average Bonchev–Trinajstić information content (AvgIpc) is 2.36. The number of hydrogen-bond acceptors (Lipinski definition) is 4. The Morgan fingerprint density at radius 1 is 1.28 bits per heavy atom. The molecule has 1 heterocycles. The van der Waals surface area contributed by atoms with Crippen LogP contribution in [0.3, 0.4) is 0 Å². The summed E-state index contributed by atoms with van der Waals surface area (Å²) in [7, 11) is 1.49. The van der Waals surface area contributed by atoms with Gasteiger partial charge in [-0.05, 0) is 24.3 Å². The number of rotatable bonds is 3. The van der Waals surface area contributed by atoms with E-state index in [1.54, 1.807) is 24.3 Å². The van der Waals surface area contributed by atoms with Crippen LogP contribution in [-0.2, 0) is 0 Å². The third-order valence-electron chi connectivity index (χ3n) is 2.17. The quantitative estimate of drug-likeness (QED) is 0.928.